The molecule has 10 nitrogen and oxygen atoms in total. The average molecular weight is 607 g/mol. The van der Waals surface area contributed by atoms with Crippen molar-refractivity contribution >= 4 is 0 Å². The zero-order valence-corrected chi connectivity index (χ0v) is 25.5. The van der Waals surface area contributed by atoms with Gasteiger partial charge in [-0.05, 0) is 67.6 Å². The van der Waals surface area contributed by atoms with Crippen molar-refractivity contribution in [2.24, 2.45) is 40.4 Å². The first-order valence-corrected chi connectivity index (χ1v) is 16.4. The predicted octanol–water partition coefficient (Wildman–Crippen LogP) is 1.40. The summed E-state index contributed by atoms with van der Waals surface area (Å²) in [5.74, 6) is 1.02. The van der Waals surface area contributed by atoms with Crippen molar-refractivity contribution in [2.75, 3.05) is 13.2 Å². The van der Waals surface area contributed by atoms with Crippen LogP contribution in [-0.2, 0) is 18.9 Å². The minimum Gasteiger partial charge on any atom is -0.394 e. The summed E-state index contributed by atoms with van der Waals surface area (Å²) >= 11 is 0. The molecule has 7 aliphatic rings. The van der Waals surface area contributed by atoms with Crippen molar-refractivity contribution in [3.8, 4) is 0 Å². The number of ether oxygens (including phenoxy) is 4. The van der Waals surface area contributed by atoms with Crippen LogP contribution in [0.5, 0.6) is 0 Å². The maximum atomic E-state index is 11.4. The topological polar surface area (TPSA) is 158 Å². The number of allylic oxidation sites excluding steroid dienone is 1. The van der Waals surface area contributed by atoms with Gasteiger partial charge in [0, 0.05) is 17.8 Å². The molecule has 242 valence electrons. The average Bonchev–Trinajstić information content (AvgIpc) is 3.43. The highest BCUT2D eigenvalue weighted by atomic mass is 16.7. The first-order valence-electron chi connectivity index (χ1n) is 16.4. The molecule has 6 N–H and O–H groups in total. The zero-order valence-electron chi connectivity index (χ0n) is 25.5. The SMILES string of the molecule is C=C1CCC2(OC1)OC1CC3C4CC=C5CC(O)C(O)C(OC6OC(CO)C(O)C(O)C6O)C5(C)C4CCC3(C)C1C2C. The largest absolute Gasteiger partial charge is 0.394 e. The van der Waals surface area contributed by atoms with E-state index >= 15 is 0 Å². The van der Waals surface area contributed by atoms with Gasteiger partial charge in [0.15, 0.2) is 12.1 Å². The van der Waals surface area contributed by atoms with Gasteiger partial charge in [-0.15, -0.1) is 0 Å². The highest BCUT2D eigenvalue weighted by molar-refractivity contribution is 5.30. The lowest BCUT2D eigenvalue weighted by molar-refractivity contribution is -0.334. The fraction of sp³-hybridized carbons (Fsp3) is 0.879. The maximum absolute atomic E-state index is 11.4. The van der Waals surface area contributed by atoms with Crippen LogP contribution in [0.2, 0.25) is 0 Å². The van der Waals surface area contributed by atoms with Gasteiger partial charge in [0.25, 0.3) is 0 Å². The van der Waals surface area contributed by atoms with Gasteiger partial charge in [0.05, 0.1) is 31.5 Å². The Kier molecular flexibility index (Phi) is 7.54. The highest BCUT2D eigenvalue weighted by Crippen LogP contribution is 2.71. The van der Waals surface area contributed by atoms with E-state index < -0.39 is 66.8 Å². The fourth-order valence-corrected chi connectivity index (χ4v) is 11.1. The van der Waals surface area contributed by atoms with Crippen molar-refractivity contribution in [2.45, 2.75) is 127 Å². The highest BCUT2D eigenvalue weighted by Gasteiger charge is 2.70. The molecule has 1 spiro atoms. The van der Waals surface area contributed by atoms with E-state index in [0.29, 0.717) is 30.8 Å². The van der Waals surface area contributed by atoms with Crippen molar-refractivity contribution in [1.82, 2.24) is 0 Å². The lowest BCUT2D eigenvalue weighted by Crippen LogP contribution is -2.65. The summed E-state index contributed by atoms with van der Waals surface area (Å²) in [7, 11) is 0. The Morgan fingerprint density at radius 2 is 1.79 bits per heavy atom. The van der Waals surface area contributed by atoms with Gasteiger partial charge in [0.2, 0.25) is 0 Å². The summed E-state index contributed by atoms with van der Waals surface area (Å²) in [6.07, 6.45) is -2.15. The van der Waals surface area contributed by atoms with E-state index in [-0.39, 0.29) is 23.4 Å². The molecule has 6 fully saturated rings. The molecule has 3 saturated heterocycles. The molecule has 0 amide bonds. The smallest absolute Gasteiger partial charge is 0.187 e. The Labute approximate surface area is 253 Å². The normalized spacial score (nSPS) is 58.0. The summed E-state index contributed by atoms with van der Waals surface area (Å²) in [4.78, 5) is 0. The predicted molar refractivity (Wildman–Crippen MR) is 153 cm³/mol. The molecular formula is C33H50O10. The van der Waals surface area contributed by atoms with E-state index in [1.807, 2.05) is 0 Å². The number of hydrogen-bond acceptors (Lipinski definition) is 10. The third kappa shape index (κ3) is 4.28. The molecule has 0 aromatic rings. The van der Waals surface area contributed by atoms with E-state index in [0.717, 1.165) is 49.7 Å². The van der Waals surface area contributed by atoms with Crippen LogP contribution in [0.4, 0.5) is 0 Å². The summed E-state index contributed by atoms with van der Waals surface area (Å²) < 4.78 is 25.3. The van der Waals surface area contributed by atoms with Gasteiger partial charge in [-0.2, -0.15) is 0 Å². The Hall–Kier alpha value is -0.920. The summed E-state index contributed by atoms with van der Waals surface area (Å²) in [5, 5.41) is 63.5. The van der Waals surface area contributed by atoms with Crippen molar-refractivity contribution in [3.05, 3.63) is 23.8 Å². The van der Waals surface area contributed by atoms with Crippen molar-refractivity contribution in [1.29, 1.82) is 0 Å². The molecule has 0 aromatic heterocycles. The number of rotatable bonds is 3. The van der Waals surface area contributed by atoms with Crippen LogP contribution in [0.25, 0.3) is 0 Å². The fourth-order valence-electron chi connectivity index (χ4n) is 11.1. The molecule has 17 unspecified atom stereocenters. The molecule has 4 aliphatic carbocycles. The first-order chi connectivity index (χ1) is 20.4. The lowest BCUT2D eigenvalue weighted by atomic mass is 9.46. The van der Waals surface area contributed by atoms with Gasteiger partial charge in [-0.25, -0.2) is 0 Å². The molecule has 0 radical (unpaired) electrons. The number of aliphatic hydroxyl groups excluding tert-OH is 6. The van der Waals surface area contributed by atoms with E-state index in [4.69, 9.17) is 18.9 Å². The molecule has 17 atom stereocenters. The summed E-state index contributed by atoms with van der Waals surface area (Å²) in [5.41, 5.74) is 1.60. The molecule has 10 heteroatoms. The minimum atomic E-state index is -1.59. The Balaban J connectivity index is 1.17. The first kappa shape index (κ1) is 30.7. The summed E-state index contributed by atoms with van der Waals surface area (Å²) in [6, 6.07) is 0. The van der Waals surface area contributed by atoms with Gasteiger partial charge >= 0.3 is 0 Å². The lowest BCUT2D eigenvalue weighted by Gasteiger charge is -2.61. The van der Waals surface area contributed by atoms with Gasteiger partial charge in [-0.3, -0.25) is 0 Å². The van der Waals surface area contributed by atoms with E-state index in [1.54, 1.807) is 0 Å². The third-order valence-corrected chi connectivity index (χ3v) is 13.4. The van der Waals surface area contributed by atoms with Crippen molar-refractivity contribution in [3.63, 3.8) is 0 Å². The quantitative estimate of drug-likeness (QED) is 0.260. The standard InChI is InChI=1S/C33H50O10/c1-15-7-10-33(40-14-15)16(2)24-22(43-33)12-20-18-6-5-17-11-21(35)25(36)29(32(17,4)19(18)8-9-31(20,24)3)42-30-28(39)27(38)26(37)23(13-34)41-30/h5,16,18-30,34-39H,1,6-14H2,2-4H3. The Morgan fingerprint density at radius 1 is 1.02 bits per heavy atom. The van der Waals surface area contributed by atoms with Crippen LogP contribution in [0.3, 0.4) is 0 Å². The van der Waals surface area contributed by atoms with E-state index in [9.17, 15) is 30.6 Å². The summed E-state index contributed by atoms with van der Waals surface area (Å²) in [6.45, 7) is 11.0. The second-order valence-corrected chi connectivity index (χ2v) is 15.2. The number of hydrogen-bond donors (Lipinski definition) is 6. The number of fused-ring (bicyclic) bond motifs is 7. The number of aliphatic hydroxyl groups is 6. The van der Waals surface area contributed by atoms with Crippen LogP contribution in [0.15, 0.2) is 23.8 Å². The molecule has 43 heavy (non-hydrogen) atoms. The Bertz CT molecular complexity index is 1130. The van der Waals surface area contributed by atoms with Crippen LogP contribution in [-0.4, -0.2) is 105 Å². The Morgan fingerprint density at radius 3 is 2.49 bits per heavy atom. The van der Waals surface area contributed by atoms with Gasteiger partial charge < -0.3 is 49.6 Å². The molecule has 3 heterocycles. The van der Waals surface area contributed by atoms with Gasteiger partial charge in [-0.1, -0.05) is 44.6 Å². The molecule has 0 aromatic carbocycles. The molecular weight excluding hydrogens is 556 g/mol. The van der Waals surface area contributed by atoms with E-state index in [1.165, 1.54) is 0 Å². The zero-order chi connectivity index (χ0) is 30.6. The van der Waals surface area contributed by atoms with Crippen LogP contribution >= 0.6 is 0 Å². The molecule has 0 bridgehead atoms. The molecule has 3 saturated carbocycles. The molecule has 3 aliphatic heterocycles. The second kappa shape index (κ2) is 10.6. The van der Waals surface area contributed by atoms with E-state index in [2.05, 4.69) is 33.4 Å². The monoisotopic (exact) mass is 606 g/mol. The van der Waals surface area contributed by atoms with Gasteiger partial charge in [0.1, 0.15) is 30.5 Å². The van der Waals surface area contributed by atoms with Crippen molar-refractivity contribution < 1.29 is 49.6 Å². The molecule has 7 rings (SSSR count). The van der Waals surface area contributed by atoms with Crippen LogP contribution < -0.4 is 0 Å². The van der Waals surface area contributed by atoms with Crippen LogP contribution in [0.1, 0.15) is 65.7 Å². The maximum Gasteiger partial charge on any atom is 0.187 e. The van der Waals surface area contributed by atoms with Crippen LogP contribution in [0, 0.1) is 40.4 Å². The minimum absolute atomic E-state index is 0.0781. The third-order valence-electron chi connectivity index (χ3n) is 13.4. The second-order valence-electron chi connectivity index (χ2n) is 15.2.